The Morgan fingerprint density at radius 1 is 1.00 bits per heavy atom. The number of rotatable bonds is 7. The second-order valence-electron chi connectivity index (χ2n) is 6.10. The van der Waals surface area contributed by atoms with Crippen LogP contribution in [0.2, 0.25) is 15.4 Å². The van der Waals surface area contributed by atoms with E-state index in [0.717, 1.165) is 37.1 Å². The van der Waals surface area contributed by atoms with Crippen molar-refractivity contribution in [3.05, 3.63) is 35.7 Å². The molecule has 21 heavy (non-hydrogen) atoms. The van der Waals surface area contributed by atoms with Gasteiger partial charge in [0.2, 0.25) is 0 Å². The molecule has 0 spiro atoms. The van der Waals surface area contributed by atoms with Gasteiger partial charge < -0.3 is 0 Å². The third kappa shape index (κ3) is 5.30. The normalized spacial score (nSPS) is 21.9. The van der Waals surface area contributed by atoms with E-state index in [1.54, 1.807) is 11.1 Å². The van der Waals surface area contributed by atoms with Crippen molar-refractivity contribution in [2.45, 2.75) is 49.5 Å². The molecule has 2 nitrogen and oxygen atoms in total. The Kier molecular flexibility index (Phi) is 8.34. The summed E-state index contributed by atoms with van der Waals surface area (Å²) in [7, 11) is 0. The molecule has 1 aliphatic carbocycles. The molecule has 0 bridgehead atoms. The molecule has 0 aromatic carbocycles. The topological polar surface area (TPSA) is 6.48 Å². The summed E-state index contributed by atoms with van der Waals surface area (Å²) in [6, 6.07) is 0. The van der Waals surface area contributed by atoms with Gasteiger partial charge in [0.25, 0.3) is 0 Å². The van der Waals surface area contributed by atoms with Gasteiger partial charge in [-0.25, -0.2) is 0 Å². The third-order valence-corrected chi connectivity index (χ3v) is 8.90. The minimum atomic E-state index is -1.26. The van der Waals surface area contributed by atoms with Crippen LogP contribution in [0.4, 0.5) is 0 Å². The van der Waals surface area contributed by atoms with Crippen molar-refractivity contribution in [2.24, 2.45) is 0 Å². The van der Waals surface area contributed by atoms with E-state index in [1.807, 2.05) is 0 Å². The first-order valence-corrected chi connectivity index (χ1v) is 14.9. The number of nitrogens with zero attached hydrogens (tertiary/aromatic N) is 2. The summed E-state index contributed by atoms with van der Waals surface area (Å²) in [6.45, 7) is 13.4. The maximum atomic E-state index is 2.53. The van der Waals surface area contributed by atoms with E-state index in [2.05, 4.69) is 73.0 Å². The standard InChI is InChI=1S/C16H27N2.2CH3.Ga/c1-5-17(6-2)13-15-10-9-11-16(12-15)14-18(7-3)8-4;;;/h9-10,12-14H,5-8,11H2,1-4H3;2*1H3;/b15-13-,16-14+;;;. The van der Waals surface area contributed by atoms with E-state index >= 15 is 0 Å². The first-order chi connectivity index (χ1) is 10.1. The molecule has 0 fully saturated rings. The number of hydrogen-bond donors (Lipinski definition) is 0. The van der Waals surface area contributed by atoms with E-state index < -0.39 is 16.2 Å². The third-order valence-electron chi connectivity index (χ3n) is 4.39. The van der Waals surface area contributed by atoms with Crippen LogP contribution in [0.3, 0.4) is 0 Å². The molecule has 0 aliphatic heterocycles. The van der Waals surface area contributed by atoms with Gasteiger partial charge in [0.05, 0.1) is 0 Å². The Hall–Kier alpha value is -0.544. The van der Waals surface area contributed by atoms with E-state index in [0.29, 0.717) is 0 Å². The molecular weight excluding hydrogens is 314 g/mol. The number of hydrogen-bond acceptors (Lipinski definition) is 2. The van der Waals surface area contributed by atoms with Crippen LogP contribution in [0.25, 0.3) is 0 Å². The summed E-state index contributed by atoms with van der Waals surface area (Å²) >= 11 is -1.26. The quantitative estimate of drug-likeness (QED) is 0.625. The average molecular weight is 347 g/mol. The molecule has 0 N–H and O–H groups in total. The second-order valence-corrected chi connectivity index (χ2v) is 12.7. The van der Waals surface area contributed by atoms with Crippen LogP contribution in [0.1, 0.15) is 34.1 Å². The Bertz CT molecular complexity index is 388. The molecule has 118 valence electrons. The molecule has 0 aromatic heterocycles. The van der Waals surface area contributed by atoms with Gasteiger partial charge in [-0.15, -0.1) is 0 Å². The zero-order chi connectivity index (χ0) is 15.8. The summed E-state index contributed by atoms with van der Waals surface area (Å²) in [5, 5.41) is 0. The fraction of sp³-hybridized carbons (Fsp3) is 0.667. The van der Waals surface area contributed by atoms with Gasteiger partial charge in [0.1, 0.15) is 0 Å². The van der Waals surface area contributed by atoms with Gasteiger partial charge in [-0.3, -0.25) is 0 Å². The molecule has 0 amide bonds. The molecule has 3 heteroatoms. The second kappa shape index (κ2) is 9.47. The molecule has 0 aromatic rings. The maximum absolute atomic E-state index is 2.53. The summed E-state index contributed by atoms with van der Waals surface area (Å²) in [5.74, 6) is 0. The van der Waals surface area contributed by atoms with E-state index in [1.165, 1.54) is 0 Å². The first-order valence-electron chi connectivity index (χ1n) is 8.64. The van der Waals surface area contributed by atoms with Crippen molar-refractivity contribution in [2.75, 3.05) is 26.2 Å². The van der Waals surface area contributed by atoms with Crippen LogP contribution >= 0.6 is 0 Å². The van der Waals surface area contributed by atoms with Gasteiger partial charge in [-0.1, -0.05) is 0 Å². The first kappa shape index (κ1) is 18.5. The van der Waals surface area contributed by atoms with Gasteiger partial charge in [-0.05, 0) is 0 Å². The van der Waals surface area contributed by atoms with Crippen LogP contribution in [0.5, 0.6) is 0 Å². The van der Waals surface area contributed by atoms with Crippen molar-refractivity contribution in [1.29, 1.82) is 0 Å². The average Bonchev–Trinajstić information content (AvgIpc) is 2.49. The molecule has 1 rings (SSSR count). The minimum absolute atomic E-state index is 0.740. The molecule has 0 heterocycles. The van der Waals surface area contributed by atoms with Crippen molar-refractivity contribution in [1.82, 2.24) is 9.80 Å². The van der Waals surface area contributed by atoms with Gasteiger partial charge in [0.15, 0.2) is 0 Å². The van der Waals surface area contributed by atoms with Crippen LogP contribution in [-0.2, 0) is 0 Å². The van der Waals surface area contributed by atoms with Gasteiger partial charge >= 0.3 is 137 Å². The van der Waals surface area contributed by atoms with Gasteiger partial charge in [-0.2, -0.15) is 0 Å². The van der Waals surface area contributed by atoms with Gasteiger partial charge in [0, 0.05) is 0 Å². The van der Waals surface area contributed by atoms with E-state index in [9.17, 15) is 0 Å². The SMILES string of the molecule is CCN(/C=C1/C=CC/C(=C\N(CC)CC)[CH]1[Ga]([CH3])[CH3])CC. The Labute approximate surface area is 137 Å². The Balaban J connectivity index is 3.11. The molecule has 1 atom stereocenters. The summed E-state index contributed by atoms with van der Waals surface area (Å²) in [6.07, 6.45) is 10.7. The van der Waals surface area contributed by atoms with Crippen molar-refractivity contribution < 1.29 is 0 Å². The summed E-state index contributed by atoms with van der Waals surface area (Å²) in [4.78, 5) is 4.87. The summed E-state index contributed by atoms with van der Waals surface area (Å²) < 4.78 is 0.740. The van der Waals surface area contributed by atoms with Crippen molar-refractivity contribution in [3.63, 3.8) is 0 Å². The van der Waals surface area contributed by atoms with Crippen LogP contribution in [0.15, 0.2) is 35.7 Å². The van der Waals surface area contributed by atoms with Crippen LogP contribution in [-0.4, -0.2) is 52.2 Å². The Morgan fingerprint density at radius 3 is 2.00 bits per heavy atom. The monoisotopic (exact) mass is 346 g/mol. The Morgan fingerprint density at radius 2 is 1.52 bits per heavy atom. The van der Waals surface area contributed by atoms with Crippen molar-refractivity contribution in [3.8, 4) is 0 Å². The zero-order valence-electron chi connectivity index (χ0n) is 14.9. The van der Waals surface area contributed by atoms with Crippen molar-refractivity contribution >= 4 is 16.2 Å². The molecule has 1 aliphatic rings. The van der Waals surface area contributed by atoms with Crippen LogP contribution in [0, 0.1) is 0 Å². The predicted molar refractivity (Wildman–Crippen MR) is 97.0 cm³/mol. The number of allylic oxidation sites excluding steroid dienone is 4. The summed E-state index contributed by atoms with van der Waals surface area (Å²) in [5.41, 5.74) is 8.26. The molecular formula is C18H33GaN2. The molecule has 1 unspecified atom stereocenters. The molecule has 0 saturated carbocycles. The van der Waals surface area contributed by atoms with Crippen LogP contribution < -0.4 is 0 Å². The zero-order valence-corrected chi connectivity index (χ0v) is 17.3. The molecule has 0 saturated heterocycles. The fourth-order valence-corrected chi connectivity index (χ4v) is 7.39. The fourth-order valence-electron chi connectivity index (χ4n) is 3.10. The van der Waals surface area contributed by atoms with E-state index in [-0.39, 0.29) is 0 Å². The van der Waals surface area contributed by atoms with E-state index in [4.69, 9.17) is 0 Å². The predicted octanol–water partition coefficient (Wildman–Crippen LogP) is 4.52. The molecule has 0 radical (unpaired) electrons.